The monoisotopic (exact) mass is 318 g/mol. The van der Waals surface area contributed by atoms with Gasteiger partial charge in [-0.3, -0.25) is 0 Å². The van der Waals surface area contributed by atoms with Crippen molar-refractivity contribution in [2.24, 2.45) is 0 Å². The molecule has 0 spiro atoms. The molecule has 2 aromatic rings. The summed E-state index contributed by atoms with van der Waals surface area (Å²) in [7, 11) is -4.07. The third-order valence-corrected chi connectivity index (χ3v) is 4.21. The Bertz CT molecular complexity index is 743. The van der Waals surface area contributed by atoms with Crippen molar-refractivity contribution in [1.29, 1.82) is 0 Å². The molecule has 0 bridgehead atoms. The lowest BCUT2D eigenvalue weighted by molar-refractivity contribution is 0.474. The van der Waals surface area contributed by atoms with Crippen LogP contribution >= 0.6 is 11.6 Å². The van der Waals surface area contributed by atoms with Crippen LogP contribution in [0, 0.1) is 12.7 Å². The fraction of sp³-hybridized carbons (Fsp3) is 0.167. The van der Waals surface area contributed by atoms with E-state index in [1.165, 1.54) is 0 Å². The first-order chi connectivity index (χ1) is 9.29. The molecule has 8 heteroatoms. The van der Waals surface area contributed by atoms with Gasteiger partial charge >= 0.3 is 0 Å². The number of furan rings is 1. The molecule has 0 amide bonds. The lowest BCUT2D eigenvalue weighted by atomic mass is 10.3. The van der Waals surface area contributed by atoms with Crippen LogP contribution in [-0.2, 0) is 16.6 Å². The van der Waals surface area contributed by atoms with E-state index in [-0.39, 0.29) is 17.3 Å². The van der Waals surface area contributed by atoms with Gasteiger partial charge in [0.05, 0.1) is 11.6 Å². The molecule has 0 saturated heterocycles. The highest BCUT2D eigenvalue weighted by atomic mass is 35.5. The fourth-order valence-corrected chi connectivity index (χ4v) is 3.01. The number of nitrogens with one attached hydrogen (secondary N) is 1. The number of nitrogens with two attached hydrogens (primary N) is 1. The summed E-state index contributed by atoms with van der Waals surface area (Å²) in [4.78, 5) is -0.592. The second kappa shape index (κ2) is 5.43. The van der Waals surface area contributed by atoms with E-state index >= 15 is 0 Å². The summed E-state index contributed by atoms with van der Waals surface area (Å²) < 4.78 is 45.3. The molecule has 0 saturated carbocycles. The molecule has 0 atom stereocenters. The smallest absolute Gasteiger partial charge is 0.244 e. The van der Waals surface area contributed by atoms with E-state index in [2.05, 4.69) is 4.72 Å². The predicted octanol–water partition coefficient (Wildman–Crippen LogP) is 2.44. The lowest BCUT2D eigenvalue weighted by Crippen LogP contribution is -2.24. The molecule has 3 N–H and O–H groups in total. The summed E-state index contributed by atoms with van der Waals surface area (Å²) in [5.74, 6) is 0.0304. The Labute approximate surface area is 120 Å². The number of halogens is 2. The quantitative estimate of drug-likeness (QED) is 0.848. The fourth-order valence-electron chi connectivity index (χ4n) is 1.60. The molecule has 0 aliphatic carbocycles. The van der Waals surface area contributed by atoms with Gasteiger partial charge in [-0.2, -0.15) is 0 Å². The van der Waals surface area contributed by atoms with Gasteiger partial charge in [-0.15, -0.1) is 0 Å². The zero-order valence-electron chi connectivity index (χ0n) is 10.5. The maximum atomic E-state index is 13.8. The normalized spacial score (nSPS) is 11.8. The van der Waals surface area contributed by atoms with Crippen LogP contribution in [0.25, 0.3) is 0 Å². The van der Waals surface area contributed by atoms with Gasteiger partial charge < -0.3 is 10.2 Å². The standard InChI is InChI=1S/C12H12ClFN2O3S/c1-7-2-3-9(19-7)6-16-20(17,18)11-5-8(15)4-10(13)12(11)14/h2-5,16H,6,15H2,1H3. The summed E-state index contributed by atoms with van der Waals surface area (Å²) in [6.45, 7) is 1.64. The molecule has 0 aliphatic rings. The first-order valence-electron chi connectivity index (χ1n) is 5.59. The first kappa shape index (κ1) is 14.8. The van der Waals surface area contributed by atoms with Gasteiger partial charge in [0, 0.05) is 5.69 Å². The largest absolute Gasteiger partial charge is 0.465 e. The number of anilines is 1. The third-order valence-electron chi connectivity index (χ3n) is 2.54. The number of hydrogen-bond donors (Lipinski definition) is 2. The van der Waals surface area contributed by atoms with Crippen LogP contribution in [0.15, 0.2) is 33.6 Å². The Morgan fingerprint density at radius 1 is 1.40 bits per heavy atom. The minimum Gasteiger partial charge on any atom is -0.465 e. The van der Waals surface area contributed by atoms with Crippen LogP contribution < -0.4 is 10.5 Å². The summed E-state index contributed by atoms with van der Waals surface area (Å²) >= 11 is 5.58. The second-order valence-electron chi connectivity index (χ2n) is 4.15. The van der Waals surface area contributed by atoms with Gasteiger partial charge in [0.25, 0.3) is 0 Å². The van der Waals surface area contributed by atoms with Gasteiger partial charge in [-0.05, 0) is 31.2 Å². The van der Waals surface area contributed by atoms with Crippen LogP contribution in [0.1, 0.15) is 11.5 Å². The van der Waals surface area contributed by atoms with Crippen molar-refractivity contribution < 1.29 is 17.2 Å². The Morgan fingerprint density at radius 3 is 2.70 bits per heavy atom. The summed E-state index contributed by atoms with van der Waals surface area (Å²) in [5, 5.41) is -0.348. The molecule has 0 fully saturated rings. The molecule has 0 unspecified atom stereocenters. The van der Waals surface area contributed by atoms with Gasteiger partial charge in [0.15, 0.2) is 5.82 Å². The predicted molar refractivity (Wildman–Crippen MR) is 73.3 cm³/mol. The van der Waals surface area contributed by atoms with Crippen molar-refractivity contribution in [3.8, 4) is 0 Å². The topological polar surface area (TPSA) is 85.3 Å². The van der Waals surface area contributed by atoms with E-state index in [0.29, 0.717) is 11.5 Å². The summed E-state index contributed by atoms with van der Waals surface area (Å²) in [5.41, 5.74) is 5.53. The number of nitrogen functional groups attached to an aromatic ring is 1. The average Bonchev–Trinajstić information content (AvgIpc) is 2.77. The van der Waals surface area contributed by atoms with Crippen LogP contribution in [0.5, 0.6) is 0 Å². The molecule has 1 aromatic carbocycles. The Morgan fingerprint density at radius 2 is 2.10 bits per heavy atom. The van der Waals surface area contributed by atoms with Gasteiger partial charge in [-0.1, -0.05) is 11.6 Å². The van der Waals surface area contributed by atoms with Crippen LogP contribution in [0.3, 0.4) is 0 Å². The Hall–Kier alpha value is -1.57. The number of rotatable bonds is 4. The maximum Gasteiger partial charge on any atom is 0.244 e. The summed E-state index contributed by atoms with van der Waals surface area (Å²) in [6, 6.07) is 5.48. The SMILES string of the molecule is Cc1ccc(CNS(=O)(=O)c2cc(N)cc(Cl)c2F)o1. The van der Waals surface area contributed by atoms with E-state index in [1.807, 2.05) is 0 Å². The molecule has 1 heterocycles. The zero-order valence-corrected chi connectivity index (χ0v) is 12.1. The van der Waals surface area contributed by atoms with Crippen molar-refractivity contribution in [1.82, 2.24) is 4.72 Å². The van der Waals surface area contributed by atoms with Gasteiger partial charge in [0.2, 0.25) is 10.0 Å². The number of aryl methyl sites for hydroxylation is 1. The van der Waals surface area contributed by atoms with Crippen molar-refractivity contribution in [2.75, 3.05) is 5.73 Å². The Balaban J connectivity index is 2.27. The minimum atomic E-state index is -4.07. The second-order valence-corrected chi connectivity index (χ2v) is 6.29. The van der Waals surface area contributed by atoms with Crippen molar-refractivity contribution in [2.45, 2.75) is 18.4 Å². The van der Waals surface area contributed by atoms with Crippen LogP contribution in [0.4, 0.5) is 10.1 Å². The molecule has 108 valence electrons. The lowest BCUT2D eigenvalue weighted by Gasteiger charge is -2.08. The third kappa shape index (κ3) is 3.12. The maximum absolute atomic E-state index is 13.8. The zero-order chi connectivity index (χ0) is 14.9. The molecule has 0 radical (unpaired) electrons. The molecular formula is C12H12ClFN2O3S. The highest BCUT2D eigenvalue weighted by Crippen LogP contribution is 2.25. The van der Waals surface area contributed by atoms with Crippen molar-refractivity contribution >= 4 is 27.3 Å². The molecule has 5 nitrogen and oxygen atoms in total. The molecule has 2 rings (SSSR count). The van der Waals surface area contributed by atoms with E-state index in [1.54, 1.807) is 19.1 Å². The van der Waals surface area contributed by atoms with Gasteiger partial charge in [-0.25, -0.2) is 17.5 Å². The highest BCUT2D eigenvalue weighted by molar-refractivity contribution is 7.89. The van der Waals surface area contributed by atoms with Crippen LogP contribution in [0.2, 0.25) is 5.02 Å². The van der Waals surface area contributed by atoms with Crippen molar-refractivity contribution in [3.63, 3.8) is 0 Å². The minimum absolute atomic E-state index is 0.0608. The molecule has 20 heavy (non-hydrogen) atoms. The number of sulfonamides is 1. The van der Waals surface area contributed by atoms with Gasteiger partial charge in [0.1, 0.15) is 16.4 Å². The molecule has 1 aromatic heterocycles. The molecular weight excluding hydrogens is 307 g/mol. The van der Waals surface area contributed by atoms with E-state index in [4.69, 9.17) is 21.8 Å². The van der Waals surface area contributed by atoms with Crippen molar-refractivity contribution in [3.05, 3.63) is 46.6 Å². The van der Waals surface area contributed by atoms with E-state index in [0.717, 1.165) is 12.1 Å². The number of benzene rings is 1. The highest BCUT2D eigenvalue weighted by Gasteiger charge is 2.22. The first-order valence-corrected chi connectivity index (χ1v) is 7.45. The Kier molecular flexibility index (Phi) is 4.03. The summed E-state index contributed by atoms with van der Waals surface area (Å²) in [6.07, 6.45) is 0. The average molecular weight is 319 g/mol. The van der Waals surface area contributed by atoms with E-state index < -0.39 is 20.7 Å². The van der Waals surface area contributed by atoms with Crippen LogP contribution in [-0.4, -0.2) is 8.42 Å². The van der Waals surface area contributed by atoms with E-state index in [9.17, 15) is 12.8 Å². The number of hydrogen-bond acceptors (Lipinski definition) is 4. The molecule has 0 aliphatic heterocycles.